The molecule has 1 spiro atoms. The second-order valence-electron chi connectivity index (χ2n) is 36.6. The van der Waals surface area contributed by atoms with Gasteiger partial charge in [-0.25, -0.2) is 0 Å². The van der Waals surface area contributed by atoms with Gasteiger partial charge in [0.25, 0.3) is 6.71 Å². The summed E-state index contributed by atoms with van der Waals surface area (Å²) in [6.45, 7) is 26.9. The average molecular weight is 1530 g/mol. The summed E-state index contributed by atoms with van der Waals surface area (Å²) in [7, 11) is 0. The average Bonchev–Trinajstić information content (AvgIpc) is 1.17. The van der Waals surface area contributed by atoms with Crippen LogP contribution in [0.15, 0.2) is 352 Å². The Hall–Kier alpha value is -13.2. The summed E-state index contributed by atoms with van der Waals surface area (Å²) < 4.78 is 86.2. The molecule has 4 heterocycles. The number of aromatic nitrogens is 1. The molecule has 0 N–H and O–H groups in total. The molecule has 1 aliphatic carbocycles. The van der Waals surface area contributed by atoms with Gasteiger partial charge < -0.3 is 19.1 Å². The monoisotopic (exact) mass is 1530 g/mol. The van der Waals surface area contributed by atoms with E-state index in [0.717, 1.165) is 145 Å². The maximum Gasteiger partial charge on any atom is 0.252 e. The molecule has 0 radical (unpaired) electrons. The first-order chi connectivity index (χ1) is 60.4. The van der Waals surface area contributed by atoms with Crippen LogP contribution in [0.1, 0.15) is 139 Å². The van der Waals surface area contributed by atoms with Crippen molar-refractivity contribution in [1.82, 2.24) is 4.57 Å². The van der Waals surface area contributed by atoms with E-state index in [-0.39, 0.29) is 55.6 Å². The van der Waals surface area contributed by atoms with Crippen molar-refractivity contribution in [3.8, 4) is 95.1 Å². The molecule has 0 fully saturated rings. The van der Waals surface area contributed by atoms with Crippen LogP contribution in [-0.4, -0.2) is 11.3 Å². The van der Waals surface area contributed by atoms with Gasteiger partial charge in [0.15, 0.2) is 0 Å². The molecule has 0 amide bonds. The van der Waals surface area contributed by atoms with E-state index in [4.69, 9.17) is 4.74 Å². The lowest BCUT2D eigenvalue weighted by atomic mass is 9.33. The fourth-order valence-electron chi connectivity index (χ4n) is 19.3. The van der Waals surface area contributed by atoms with Gasteiger partial charge in [-0.3, -0.25) is 0 Å². The Morgan fingerprint density at radius 2 is 0.653 bits per heavy atom. The number of fused-ring (bicyclic) bond motifs is 16. The molecule has 21 rings (SSSR count). The number of rotatable bonds is 9. The summed E-state index contributed by atoms with van der Waals surface area (Å²) >= 11 is 0. The fourth-order valence-corrected chi connectivity index (χ4v) is 19.3. The van der Waals surface area contributed by atoms with E-state index < -0.39 is 48.4 Å². The summed E-state index contributed by atoms with van der Waals surface area (Å²) in [5.41, 5.74) is 30.3. The third-order valence-electron chi connectivity index (χ3n) is 25.3. The predicted molar refractivity (Wildman–Crippen MR) is 500 cm³/mol. The Bertz CT molecular complexity index is 7180. The second-order valence-corrected chi connectivity index (χ2v) is 36.6. The Balaban J connectivity index is 0.972. The zero-order valence-electron chi connectivity index (χ0n) is 76.7. The van der Waals surface area contributed by atoms with Crippen molar-refractivity contribution in [2.75, 3.05) is 9.80 Å². The summed E-state index contributed by atoms with van der Waals surface area (Å²) in [6.07, 6.45) is 0. The highest BCUT2D eigenvalue weighted by atomic mass is 16.5. The maximum atomic E-state index is 10.0. The Kier molecular flexibility index (Phi) is 14.6. The quantitative estimate of drug-likeness (QED) is 0.134. The molecule has 0 atom stereocenters. The normalized spacial score (nSPS) is 14.6. The standard InChI is InChI=1S/C113H94BN3O/c1-109(2,3)79-59-77(60-80(65-79)110(4,5)6)75-54-57-96-100(61-75)116(107-88(71-35-17-13-18-36-71)66-81(111(7,8)9)67-89(107)72-37-19-14-20-38-72)102-62-78(76-53-56-95-105(64-76)118-104-52-34-31-49-94(104)113(95)92-47-29-25-43-84(92)85-44-26-30-48-93(85)113)63-103-106(102)114(96)97-58-55-83(115-98-50-32-27-45-86(98)87-46-28-33-51-99(87)115)70-101(97)117(103)108-90(73-39-21-15-22-40-73)68-82(112(10,11)12)69-91(108)74-41-23-16-24-42-74/h13-70H,1-12H3/i27D,28D,32D,33D,45D,46D,50D,51D. The summed E-state index contributed by atoms with van der Waals surface area (Å²) in [5, 5.41) is -0.00458. The SMILES string of the molecule is [2H]c1c([2H])c([2H])c2c(c1[2H])c1c([2H])c([2H])c([2H])c([2H])c1n2-c1ccc2c(c1)N(c1c(-c3ccccc3)cc(C(C)(C)C)cc1-c1ccccc1)c1cc(-c3ccc4c(c3)Oc3ccccc3C43c4ccccc4-c4ccccc43)cc3c1B2c1ccc(-c2cc(C(C)(C)C)cc(C(C)(C)C)c2)cc1N3c1c(-c2ccccc2)cc(C(C)(C)C)cc1-c1ccccc1. The lowest BCUT2D eigenvalue weighted by molar-refractivity contribution is 0.436. The third-order valence-corrected chi connectivity index (χ3v) is 25.3. The van der Waals surface area contributed by atoms with Crippen molar-refractivity contribution in [3.05, 3.63) is 396 Å². The van der Waals surface area contributed by atoms with Gasteiger partial charge in [-0.05, 0) is 206 Å². The van der Waals surface area contributed by atoms with Gasteiger partial charge in [-0.1, -0.05) is 356 Å². The number of ether oxygens (including phenoxy) is 1. The van der Waals surface area contributed by atoms with Gasteiger partial charge >= 0.3 is 0 Å². The zero-order chi connectivity index (χ0) is 87.4. The number of para-hydroxylation sites is 3. The molecule has 0 bridgehead atoms. The van der Waals surface area contributed by atoms with Gasteiger partial charge in [-0.2, -0.15) is 0 Å². The summed E-state index contributed by atoms with van der Waals surface area (Å²) in [5.74, 6) is 1.49. The highest BCUT2D eigenvalue weighted by molar-refractivity contribution is 7.00. The molecule has 16 aromatic carbocycles. The number of hydrogen-bond acceptors (Lipinski definition) is 3. The van der Waals surface area contributed by atoms with Gasteiger partial charge in [0, 0.05) is 72.6 Å². The summed E-state index contributed by atoms with van der Waals surface area (Å²) in [4.78, 5) is 5.09. The van der Waals surface area contributed by atoms with Gasteiger partial charge in [0.2, 0.25) is 0 Å². The van der Waals surface area contributed by atoms with Crippen LogP contribution in [0, 0.1) is 0 Å². The van der Waals surface area contributed by atoms with E-state index in [2.05, 4.69) is 390 Å². The van der Waals surface area contributed by atoms with E-state index in [1.807, 2.05) is 6.07 Å². The number of nitrogens with zero attached hydrogens (tertiary/aromatic N) is 3. The van der Waals surface area contributed by atoms with Crippen LogP contribution < -0.4 is 30.9 Å². The van der Waals surface area contributed by atoms with Crippen molar-refractivity contribution >= 4 is 79.0 Å². The summed E-state index contributed by atoms with van der Waals surface area (Å²) in [6, 6.07) is 108. The molecule has 0 saturated carbocycles. The first-order valence-electron chi connectivity index (χ1n) is 45.3. The molecule has 118 heavy (non-hydrogen) atoms. The van der Waals surface area contributed by atoms with Gasteiger partial charge in [0.1, 0.15) is 11.5 Å². The largest absolute Gasteiger partial charge is 0.457 e. The van der Waals surface area contributed by atoms with Crippen LogP contribution in [0.2, 0.25) is 0 Å². The maximum absolute atomic E-state index is 10.0. The molecular weight excluding hydrogens is 1430 g/mol. The van der Waals surface area contributed by atoms with E-state index in [0.29, 0.717) is 5.69 Å². The fraction of sp³-hybridized carbons (Fsp3) is 0.150. The van der Waals surface area contributed by atoms with Crippen molar-refractivity contribution in [2.45, 2.75) is 110 Å². The van der Waals surface area contributed by atoms with Crippen molar-refractivity contribution in [1.29, 1.82) is 0 Å². The highest BCUT2D eigenvalue weighted by Gasteiger charge is 2.52. The molecule has 4 nitrogen and oxygen atoms in total. The van der Waals surface area contributed by atoms with Crippen LogP contribution in [-0.2, 0) is 27.1 Å². The lowest BCUT2D eigenvalue weighted by Crippen LogP contribution is -2.61. The smallest absolute Gasteiger partial charge is 0.252 e. The van der Waals surface area contributed by atoms with Crippen LogP contribution >= 0.6 is 0 Å². The van der Waals surface area contributed by atoms with Crippen molar-refractivity contribution < 1.29 is 15.7 Å². The van der Waals surface area contributed by atoms with E-state index in [9.17, 15) is 11.0 Å². The zero-order valence-corrected chi connectivity index (χ0v) is 68.7. The minimum Gasteiger partial charge on any atom is -0.457 e. The second kappa shape index (κ2) is 26.9. The molecule has 1 aromatic heterocycles. The van der Waals surface area contributed by atoms with Crippen LogP contribution in [0.3, 0.4) is 0 Å². The lowest BCUT2D eigenvalue weighted by Gasteiger charge is -2.46. The van der Waals surface area contributed by atoms with Crippen LogP contribution in [0.25, 0.3) is 105 Å². The Morgan fingerprint density at radius 1 is 0.288 bits per heavy atom. The van der Waals surface area contributed by atoms with E-state index in [1.54, 1.807) is 4.57 Å². The molecule has 17 aromatic rings. The molecule has 3 aliphatic heterocycles. The number of anilines is 6. The van der Waals surface area contributed by atoms with E-state index in [1.165, 1.54) is 38.9 Å². The van der Waals surface area contributed by atoms with Crippen molar-refractivity contribution in [3.63, 3.8) is 0 Å². The third kappa shape index (κ3) is 11.5. The van der Waals surface area contributed by atoms with E-state index >= 15 is 0 Å². The first kappa shape index (κ1) is 64.0. The molecule has 570 valence electrons. The number of benzene rings is 16. The Labute approximate surface area is 706 Å². The van der Waals surface area contributed by atoms with Crippen molar-refractivity contribution in [2.24, 2.45) is 0 Å². The minimum absolute atomic E-state index is 0.00229. The predicted octanol–water partition coefficient (Wildman–Crippen LogP) is 28.5. The van der Waals surface area contributed by atoms with Crippen LogP contribution in [0.5, 0.6) is 11.5 Å². The molecule has 5 heteroatoms. The first-order valence-corrected chi connectivity index (χ1v) is 41.3. The highest BCUT2D eigenvalue weighted by Crippen LogP contribution is 2.64. The van der Waals surface area contributed by atoms with Crippen LogP contribution in [0.4, 0.5) is 34.1 Å². The van der Waals surface area contributed by atoms with Gasteiger partial charge in [-0.15, -0.1) is 0 Å². The van der Waals surface area contributed by atoms with Gasteiger partial charge in [0.05, 0.1) is 38.8 Å². The Morgan fingerprint density at radius 3 is 1.12 bits per heavy atom. The molecule has 4 aliphatic rings. The molecule has 0 unspecified atom stereocenters. The molecule has 0 saturated heterocycles. The topological polar surface area (TPSA) is 20.6 Å². The minimum atomic E-state index is -0.761. The number of hydrogen-bond donors (Lipinski definition) is 0. The molecular formula is C113H94BN3O.